The summed E-state index contributed by atoms with van der Waals surface area (Å²) in [5, 5.41) is 2.83. The lowest BCUT2D eigenvalue weighted by Gasteiger charge is -2.33. The Hall–Kier alpha value is -3.02. The number of carbonyl (C=O) groups is 2. The molecule has 25 heavy (non-hydrogen) atoms. The number of esters is 1. The number of rotatable bonds is 3. The molecule has 0 radical (unpaired) electrons. The molecule has 2 aromatic rings. The zero-order valence-electron chi connectivity index (χ0n) is 14.2. The molecule has 0 fully saturated rings. The highest BCUT2D eigenvalue weighted by atomic mass is 16.5. The maximum absolute atomic E-state index is 12.7. The van der Waals surface area contributed by atoms with Crippen molar-refractivity contribution in [3.63, 3.8) is 0 Å². The summed E-state index contributed by atoms with van der Waals surface area (Å²) < 4.78 is 10.7. The number of ether oxygens (including phenoxy) is 2. The number of carbonyl (C=O) groups excluding carboxylic acids is 2. The number of amides is 2. The minimum atomic E-state index is -0.413. The van der Waals surface area contributed by atoms with Crippen molar-refractivity contribution in [3.8, 4) is 5.75 Å². The quantitative estimate of drug-likeness (QED) is 0.866. The number of hydrogen-bond acceptors (Lipinski definition) is 4. The summed E-state index contributed by atoms with van der Waals surface area (Å²) in [5.41, 5.74) is 1.65. The summed E-state index contributed by atoms with van der Waals surface area (Å²) in [5.74, 6) is 0.264. The van der Waals surface area contributed by atoms with E-state index in [-0.39, 0.29) is 12.1 Å². The van der Waals surface area contributed by atoms with Crippen molar-refractivity contribution in [3.05, 3.63) is 54.1 Å². The van der Waals surface area contributed by atoms with Crippen molar-refractivity contribution in [2.24, 2.45) is 0 Å². The average molecular weight is 340 g/mol. The highest BCUT2D eigenvalue weighted by molar-refractivity contribution is 6.03. The predicted octanol–water partition coefficient (Wildman–Crippen LogP) is 3.68. The Morgan fingerprint density at radius 2 is 2.04 bits per heavy atom. The Balaban J connectivity index is 1.79. The summed E-state index contributed by atoms with van der Waals surface area (Å²) in [7, 11) is 0. The van der Waals surface area contributed by atoms with E-state index in [4.69, 9.17) is 9.47 Å². The van der Waals surface area contributed by atoms with Gasteiger partial charge in [0.1, 0.15) is 11.9 Å². The highest BCUT2D eigenvalue weighted by Gasteiger charge is 2.27. The number of anilines is 2. The van der Waals surface area contributed by atoms with Crippen LogP contribution in [0.2, 0.25) is 0 Å². The smallest absolute Gasteiger partial charge is 0.338 e. The van der Waals surface area contributed by atoms with Gasteiger partial charge in [-0.2, -0.15) is 0 Å². The molecule has 130 valence electrons. The lowest BCUT2D eigenvalue weighted by molar-refractivity contribution is 0.0526. The monoisotopic (exact) mass is 340 g/mol. The van der Waals surface area contributed by atoms with E-state index >= 15 is 0 Å². The minimum Gasteiger partial charge on any atom is -0.487 e. The Bertz CT molecular complexity index is 790. The third-order valence-corrected chi connectivity index (χ3v) is 3.79. The molecule has 0 bridgehead atoms. The van der Waals surface area contributed by atoms with Crippen molar-refractivity contribution in [2.45, 2.75) is 20.0 Å². The molecule has 1 heterocycles. The van der Waals surface area contributed by atoms with Crippen LogP contribution in [0, 0.1) is 0 Å². The van der Waals surface area contributed by atoms with Gasteiger partial charge in [-0.15, -0.1) is 0 Å². The lowest BCUT2D eigenvalue weighted by atomic mass is 10.2. The molecule has 1 aliphatic heterocycles. The fourth-order valence-electron chi connectivity index (χ4n) is 2.71. The molecule has 1 aliphatic rings. The van der Waals surface area contributed by atoms with Crippen LogP contribution in [0.5, 0.6) is 5.75 Å². The third-order valence-electron chi connectivity index (χ3n) is 3.79. The molecule has 0 spiro atoms. The molecule has 0 unspecified atom stereocenters. The van der Waals surface area contributed by atoms with Gasteiger partial charge < -0.3 is 14.8 Å². The van der Waals surface area contributed by atoms with E-state index < -0.39 is 5.97 Å². The molecule has 0 aliphatic carbocycles. The third kappa shape index (κ3) is 3.74. The van der Waals surface area contributed by atoms with Crippen LogP contribution < -0.4 is 15.0 Å². The molecule has 6 heteroatoms. The van der Waals surface area contributed by atoms with Crippen molar-refractivity contribution in [2.75, 3.05) is 23.4 Å². The first-order valence-electron chi connectivity index (χ1n) is 8.20. The zero-order chi connectivity index (χ0) is 17.8. The van der Waals surface area contributed by atoms with Gasteiger partial charge in [-0.25, -0.2) is 9.59 Å². The van der Waals surface area contributed by atoms with Crippen LogP contribution in [0.3, 0.4) is 0 Å². The summed E-state index contributed by atoms with van der Waals surface area (Å²) in [6, 6.07) is 13.8. The molecule has 2 aromatic carbocycles. The number of nitrogens with zero attached hydrogens (tertiary/aromatic N) is 1. The van der Waals surface area contributed by atoms with E-state index in [1.165, 1.54) is 0 Å². The number of benzene rings is 2. The van der Waals surface area contributed by atoms with Crippen LogP contribution in [0.1, 0.15) is 24.2 Å². The molecule has 6 nitrogen and oxygen atoms in total. The van der Waals surface area contributed by atoms with Crippen LogP contribution in [-0.4, -0.2) is 31.3 Å². The van der Waals surface area contributed by atoms with E-state index in [1.54, 1.807) is 36.1 Å². The summed E-state index contributed by atoms with van der Waals surface area (Å²) in [6.07, 6.45) is -0.105. The molecule has 1 N–H and O–H groups in total. The fraction of sp³-hybridized carbons (Fsp3) is 0.263. The molecule has 0 aromatic heterocycles. The lowest BCUT2D eigenvalue weighted by Crippen LogP contribution is -2.44. The zero-order valence-corrected chi connectivity index (χ0v) is 14.2. The topological polar surface area (TPSA) is 67.9 Å². The maximum atomic E-state index is 12.7. The van der Waals surface area contributed by atoms with Gasteiger partial charge >= 0.3 is 12.0 Å². The Morgan fingerprint density at radius 3 is 2.84 bits per heavy atom. The van der Waals surface area contributed by atoms with Crippen LogP contribution in [-0.2, 0) is 4.74 Å². The Labute approximate surface area is 146 Å². The van der Waals surface area contributed by atoms with E-state index in [0.29, 0.717) is 30.2 Å². The van der Waals surface area contributed by atoms with Gasteiger partial charge in [-0.05, 0) is 44.2 Å². The molecule has 0 saturated heterocycles. The van der Waals surface area contributed by atoms with Gasteiger partial charge in [0.05, 0.1) is 24.4 Å². The first-order valence-corrected chi connectivity index (χ1v) is 8.20. The van der Waals surface area contributed by atoms with Crippen molar-refractivity contribution in [1.82, 2.24) is 0 Å². The van der Waals surface area contributed by atoms with Gasteiger partial charge in [0.15, 0.2) is 0 Å². The molecule has 0 saturated carbocycles. The van der Waals surface area contributed by atoms with Gasteiger partial charge in [-0.1, -0.05) is 18.2 Å². The van der Waals surface area contributed by atoms with E-state index in [9.17, 15) is 9.59 Å². The second kappa shape index (κ2) is 7.25. The number of para-hydroxylation sites is 2. The molecule has 3 rings (SSSR count). The second-order valence-corrected chi connectivity index (χ2v) is 5.74. The SMILES string of the molecule is CCOC(=O)c1cccc(NC(=O)N2C[C@H](C)Oc3ccccc32)c1. The summed E-state index contributed by atoms with van der Waals surface area (Å²) in [6.45, 7) is 4.41. The standard InChI is InChI=1S/C19H20N2O4/c1-3-24-18(22)14-7-6-8-15(11-14)20-19(23)21-12-13(2)25-17-10-5-4-9-16(17)21/h4-11,13H,3,12H2,1-2H3,(H,20,23)/t13-/m0/s1. The summed E-state index contributed by atoms with van der Waals surface area (Å²) >= 11 is 0. The molecular formula is C19H20N2O4. The van der Waals surface area contributed by atoms with Crippen LogP contribution in [0.25, 0.3) is 0 Å². The molecular weight excluding hydrogens is 320 g/mol. The van der Waals surface area contributed by atoms with Gasteiger partial charge in [0, 0.05) is 5.69 Å². The van der Waals surface area contributed by atoms with Crippen molar-refractivity contribution in [1.29, 1.82) is 0 Å². The average Bonchev–Trinajstić information content (AvgIpc) is 2.61. The molecule has 2 amide bonds. The Kier molecular flexibility index (Phi) is 4.88. The van der Waals surface area contributed by atoms with E-state index in [1.807, 2.05) is 31.2 Å². The highest BCUT2D eigenvalue weighted by Crippen LogP contribution is 2.33. The normalized spacial score (nSPS) is 15.8. The van der Waals surface area contributed by atoms with E-state index in [2.05, 4.69) is 5.32 Å². The second-order valence-electron chi connectivity index (χ2n) is 5.74. The summed E-state index contributed by atoms with van der Waals surface area (Å²) in [4.78, 5) is 26.2. The van der Waals surface area contributed by atoms with Crippen LogP contribution in [0.4, 0.5) is 16.2 Å². The largest absolute Gasteiger partial charge is 0.487 e. The van der Waals surface area contributed by atoms with Gasteiger partial charge in [0.2, 0.25) is 0 Å². The predicted molar refractivity (Wildman–Crippen MR) is 95.3 cm³/mol. The fourth-order valence-corrected chi connectivity index (χ4v) is 2.71. The number of fused-ring (bicyclic) bond motifs is 1. The van der Waals surface area contributed by atoms with Crippen molar-refractivity contribution < 1.29 is 19.1 Å². The van der Waals surface area contributed by atoms with Gasteiger partial charge in [0.25, 0.3) is 0 Å². The van der Waals surface area contributed by atoms with Gasteiger partial charge in [-0.3, -0.25) is 4.90 Å². The number of nitrogens with one attached hydrogen (secondary N) is 1. The minimum absolute atomic E-state index is 0.105. The number of hydrogen-bond donors (Lipinski definition) is 1. The van der Waals surface area contributed by atoms with E-state index in [0.717, 1.165) is 5.69 Å². The van der Waals surface area contributed by atoms with Crippen LogP contribution in [0.15, 0.2) is 48.5 Å². The number of urea groups is 1. The first kappa shape index (κ1) is 16.8. The molecule has 1 atom stereocenters. The van der Waals surface area contributed by atoms with Crippen LogP contribution >= 0.6 is 0 Å². The first-order chi connectivity index (χ1) is 12.1. The van der Waals surface area contributed by atoms with Crippen molar-refractivity contribution >= 4 is 23.4 Å². The maximum Gasteiger partial charge on any atom is 0.338 e. The Morgan fingerprint density at radius 1 is 1.24 bits per heavy atom.